The molecule has 1 aromatic heterocycles. The average Bonchev–Trinajstić information content (AvgIpc) is 2.77. The van der Waals surface area contributed by atoms with Crippen LogP contribution in [0.4, 0.5) is 4.39 Å². The highest BCUT2D eigenvalue weighted by Gasteiger charge is 2.06. The Hall–Kier alpha value is -1.95. The van der Waals surface area contributed by atoms with E-state index in [0.717, 1.165) is 0 Å². The first-order valence-corrected chi connectivity index (χ1v) is 4.69. The molecular formula is C10H10FN3O2. The van der Waals surface area contributed by atoms with Crippen LogP contribution in [0.5, 0.6) is 5.75 Å². The molecule has 0 spiro atoms. The Bertz CT molecular complexity index is 459. The molecule has 2 N–H and O–H groups in total. The molecule has 2 rings (SSSR count). The monoisotopic (exact) mass is 223 g/mol. The summed E-state index contributed by atoms with van der Waals surface area (Å²) in [5, 5.41) is 16.0. The van der Waals surface area contributed by atoms with Crippen LogP contribution in [0.15, 0.2) is 29.1 Å². The first-order valence-electron chi connectivity index (χ1n) is 4.69. The second-order valence-corrected chi connectivity index (χ2v) is 3.20. The van der Waals surface area contributed by atoms with E-state index < -0.39 is 5.82 Å². The molecule has 1 aromatic carbocycles. The summed E-state index contributed by atoms with van der Waals surface area (Å²) in [5.74, 6) is -0.446. The Labute approximate surface area is 90.9 Å². The molecule has 0 amide bonds. The average molecular weight is 223 g/mol. The lowest BCUT2D eigenvalue weighted by atomic mass is 10.2. The predicted molar refractivity (Wildman–Crippen MR) is 52.9 cm³/mol. The van der Waals surface area contributed by atoms with Crippen molar-refractivity contribution in [1.82, 2.24) is 15.5 Å². The second-order valence-electron chi connectivity index (χ2n) is 3.20. The van der Waals surface area contributed by atoms with E-state index in [9.17, 15) is 9.50 Å². The number of aromatic hydroxyl groups is 1. The van der Waals surface area contributed by atoms with Crippen LogP contribution >= 0.6 is 0 Å². The number of para-hydroxylation sites is 1. The first kappa shape index (κ1) is 10.6. The van der Waals surface area contributed by atoms with Gasteiger partial charge in [0.15, 0.2) is 17.4 Å². The molecule has 0 radical (unpaired) electrons. The van der Waals surface area contributed by atoms with Gasteiger partial charge in [0.05, 0.1) is 6.54 Å². The summed E-state index contributed by atoms with van der Waals surface area (Å²) in [4.78, 5) is 3.81. The Kier molecular flexibility index (Phi) is 3.11. The third-order valence-electron chi connectivity index (χ3n) is 2.08. The number of aromatic nitrogens is 2. The van der Waals surface area contributed by atoms with Crippen LogP contribution in [0.1, 0.15) is 11.4 Å². The van der Waals surface area contributed by atoms with Gasteiger partial charge in [0, 0.05) is 12.1 Å². The third kappa shape index (κ3) is 2.34. The van der Waals surface area contributed by atoms with Crippen LogP contribution in [0, 0.1) is 5.82 Å². The Morgan fingerprint density at radius 1 is 1.38 bits per heavy atom. The quantitative estimate of drug-likeness (QED) is 0.815. The lowest BCUT2D eigenvalue weighted by Crippen LogP contribution is -2.13. The van der Waals surface area contributed by atoms with Crippen LogP contribution in [-0.2, 0) is 13.1 Å². The first-order chi connectivity index (χ1) is 7.77. The number of phenols is 1. The fourth-order valence-electron chi connectivity index (χ4n) is 1.28. The molecule has 0 saturated heterocycles. The number of halogens is 1. The van der Waals surface area contributed by atoms with Gasteiger partial charge in [-0.2, -0.15) is 4.98 Å². The van der Waals surface area contributed by atoms with Gasteiger partial charge >= 0.3 is 0 Å². The lowest BCUT2D eigenvalue weighted by molar-refractivity contribution is 0.406. The lowest BCUT2D eigenvalue weighted by Gasteiger charge is -2.05. The van der Waals surface area contributed by atoms with Crippen LogP contribution in [0.2, 0.25) is 0 Å². The number of phenolic OH excluding ortho intramolecular Hbond substituents is 1. The Morgan fingerprint density at radius 2 is 2.25 bits per heavy atom. The van der Waals surface area contributed by atoms with Crippen LogP contribution in [-0.4, -0.2) is 15.2 Å². The maximum Gasteiger partial charge on any atom is 0.213 e. The van der Waals surface area contributed by atoms with Gasteiger partial charge in [0.1, 0.15) is 0 Å². The van der Waals surface area contributed by atoms with Crippen molar-refractivity contribution in [3.63, 3.8) is 0 Å². The van der Waals surface area contributed by atoms with Crippen molar-refractivity contribution in [2.45, 2.75) is 13.1 Å². The molecule has 84 valence electrons. The molecule has 0 bridgehead atoms. The topological polar surface area (TPSA) is 71.2 Å². The van der Waals surface area contributed by atoms with E-state index in [1.165, 1.54) is 12.5 Å². The van der Waals surface area contributed by atoms with Gasteiger partial charge in [-0.25, -0.2) is 4.39 Å². The van der Waals surface area contributed by atoms with Crippen molar-refractivity contribution in [1.29, 1.82) is 0 Å². The van der Waals surface area contributed by atoms with Crippen LogP contribution < -0.4 is 5.32 Å². The molecule has 0 saturated carbocycles. The van der Waals surface area contributed by atoms with E-state index in [0.29, 0.717) is 24.5 Å². The van der Waals surface area contributed by atoms with Gasteiger partial charge in [-0.1, -0.05) is 17.3 Å². The van der Waals surface area contributed by atoms with Gasteiger partial charge < -0.3 is 14.9 Å². The van der Waals surface area contributed by atoms with Gasteiger partial charge in [0.2, 0.25) is 6.39 Å². The second kappa shape index (κ2) is 4.71. The summed E-state index contributed by atoms with van der Waals surface area (Å²) >= 11 is 0. The van der Waals surface area contributed by atoms with E-state index in [2.05, 4.69) is 20.0 Å². The molecule has 0 unspecified atom stereocenters. The molecule has 0 atom stereocenters. The summed E-state index contributed by atoms with van der Waals surface area (Å²) in [6, 6.07) is 4.39. The maximum absolute atomic E-state index is 13.0. The summed E-state index contributed by atoms with van der Waals surface area (Å²) in [5.41, 5.74) is 0.489. The number of hydrogen-bond donors (Lipinski definition) is 2. The van der Waals surface area contributed by atoms with E-state index >= 15 is 0 Å². The molecule has 0 aliphatic carbocycles. The SMILES string of the molecule is Oc1c(F)cccc1CNCc1ncon1. The number of nitrogens with zero attached hydrogens (tertiary/aromatic N) is 2. The van der Waals surface area contributed by atoms with Gasteiger partial charge in [-0.05, 0) is 6.07 Å². The normalized spacial score (nSPS) is 10.6. The maximum atomic E-state index is 13.0. The zero-order valence-corrected chi connectivity index (χ0v) is 8.35. The van der Waals surface area contributed by atoms with Crippen molar-refractivity contribution < 1.29 is 14.0 Å². The molecule has 0 aliphatic heterocycles. The van der Waals surface area contributed by atoms with Crippen molar-refractivity contribution in [3.8, 4) is 5.75 Å². The highest BCUT2D eigenvalue weighted by Crippen LogP contribution is 2.20. The van der Waals surface area contributed by atoms with E-state index in [1.807, 2.05) is 0 Å². The number of hydrogen-bond acceptors (Lipinski definition) is 5. The minimum atomic E-state index is -0.626. The molecule has 16 heavy (non-hydrogen) atoms. The number of benzene rings is 1. The van der Waals surface area contributed by atoms with Crippen LogP contribution in [0.3, 0.4) is 0 Å². The van der Waals surface area contributed by atoms with E-state index in [4.69, 9.17) is 0 Å². The molecule has 0 fully saturated rings. The minimum Gasteiger partial charge on any atom is -0.505 e. The zero-order chi connectivity index (χ0) is 11.4. The summed E-state index contributed by atoms with van der Waals surface area (Å²) in [6.07, 6.45) is 1.23. The van der Waals surface area contributed by atoms with Crippen molar-refractivity contribution in [3.05, 3.63) is 41.8 Å². The number of nitrogens with one attached hydrogen (secondary N) is 1. The van der Waals surface area contributed by atoms with Crippen LogP contribution in [0.25, 0.3) is 0 Å². The molecular weight excluding hydrogens is 213 g/mol. The minimum absolute atomic E-state index is 0.330. The van der Waals surface area contributed by atoms with Crippen molar-refractivity contribution in [2.24, 2.45) is 0 Å². The van der Waals surface area contributed by atoms with Gasteiger partial charge in [-0.3, -0.25) is 0 Å². The predicted octanol–water partition coefficient (Wildman–Crippen LogP) is 1.20. The van der Waals surface area contributed by atoms with Crippen molar-refractivity contribution in [2.75, 3.05) is 0 Å². The third-order valence-corrected chi connectivity index (χ3v) is 2.08. The molecule has 5 nitrogen and oxygen atoms in total. The molecule has 0 aliphatic rings. The summed E-state index contributed by atoms with van der Waals surface area (Å²) in [7, 11) is 0. The zero-order valence-electron chi connectivity index (χ0n) is 8.35. The fraction of sp³-hybridized carbons (Fsp3) is 0.200. The van der Waals surface area contributed by atoms with E-state index in [1.54, 1.807) is 12.1 Å². The molecule has 2 aromatic rings. The largest absolute Gasteiger partial charge is 0.505 e. The standard InChI is InChI=1S/C10H10FN3O2/c11-8-3-1-2-7(10(8)15)4-12-5-9-13-6-16-14-9/h1-3,6,12,15H,4-5H2. The number of rotatable bonds is 4. The summed E-state index contributed by atoms with van der Waals surface area (Å²) in [6.45, 7) is 0.727. The van der Waals surface area contributed by atoms with Gasteiger partial charge in [-0.15, -0.1) is 0 Å². The Morgan fingerprint density at radius 3 is 3.00 bits per heavy atom. The molecule has 1 heterocycles. The smallest absolute Gasteiger partial charge is 0.213 e. The highest BCUT2D eigenvalue weighted by molar-refractivity contribution is 5.33. The van der Waals surface area contributed by atoms with Gasteiger partial charge in [0.25, 0.3) is 0 Å². The van der Waals surface area contributed by atoms with E-state index in [-0.39, 0.29) is 5.75 Å². The molecule has 6 heteroatoms. The summed E-state index contributed by atoms with van der Waals surface area (Å²) < 4.78 is 17.5. The highest BCUT2D eigenvalue weighted by atomic mass is 19.1. The van der Waals surface area contributed by atoms with Crippen molar-refractivity contribution >= 4 is 0 Å². The fourth-order valence-corrected chi connectivity index (χ4v) is 1.28. The Balaban J connectivity index is 1.92.